The van der Waals surface area contributed by atoms with Crippen LogP contribution in [0.5, 0.6) is 5.88 Å². The molecule has 0 aliphatic carbocycles. The minimum absolute atomic E-state index is 0.519. The van der Waals surface area contributed by atoms with E-state index in [2.05, 4.69) is 17.2 Å². The minimum Gasteiger partial charge on any atom is -0.475 e. The standard InChI is InChI=1S/C15H26N2O3/c1-3-7-16-13-14-6-4-8-17-15(14)20-12-11-19-10-5-9-18-2/h4,6,8,16H,3,5,7,9-13H2,1-2H3. The Balaban J connectivity index is 2.21. The Bertz CT molecular complexity index is 348. The molecule has 0 unspecified atom stereocenters. The van der Waals surface area contributed by atoms with Crippen LogP contribution in [0.3, 0.4) is 0 Å². The number of hydrogen-bond acceptors (Lipinski definition) is 5. The number of ether oxygens (including phenoxy) is 3. The van der Waals surface area contributed by atoms with Gasteiger partial charge in [0.05, 0.1) is 6.61 Å². The monoisotopic (exact) mass is 282 g/mol. The Kier molecular flexibility index (Phi) is 9.83. The van der Waals surface area contributed by atoms with Gasteiger partial charge in [-0.1, -0.05) is 13.0 Å². The van der Waals surface area contributed by atoms with E-state index in [1.165, 1.54) is 0 Å². The number of hydrogen-bond donors (Lipinski definition) is 1. The first kappa shape index (κ1) is 16.9. The van der Waals surface area contributed by atoms with E-state index in [-0.39, 0.29) is 0 Å². The molecule has 5 heteroatoms. The van der Waals surface area contributed by atoms with E-state index in [0.29, 0.717) is 25.7 Å². The molecule has 0 saturated carbocycles. The molecule has 5 nitrogen and oxygen atoms in total. The lowest BCUT2D eigenvalue weighted by molar-refractivity contribution is 0.0793. The van der Waals surface area contributed by atoms with Gasteiger partial charge < -0.3 is 19.5 Å². The summed E-state index contributed by atoms with van der Waals surface area (Å²) in [7, 11) is 1.69. The van der Waals surface area contributed by atoms with E-state index in [1.54, 1.807) is 13.3 Å². The van der Waals surface area contributed by atoms with E-state index in [4.69, 9.17) is 14.2 Å². The molecule has 1 rings (SSSR count). The Morgan fingerprint density at radius 1 is 1.20 bits per heavy atom. The average molecular weight is 282 g/mol. The molecule has 1 N–H and O–H groups in total. The van der Waals surface area contributed by atoms with Crippen molar-refractivity contribution in [2.75, 3.05) is 40.1 Å². The summed E-state index contributed by atoms with van der Waals surface area (Å²) in [4.78, 5) is 4.27. The molecule has 20 heavy (non-hydrogen) atoms. The van der Waals surface area contributed by atoms with E-state index in [9.17, 15) is 0 Å². The van der Waals surface area contributed by atoms with Gasteiger partial charge in [-0.05, 0) is 25.5 Å². The highest BCUT2D eigenvalue weighted by molar-refractivity contribution is 5.25. The van der Waals surface area contributed by atoms with Gasteiger partial charge in [0.15, 0.2) is 0 Å². The zero-order valence-corrected chi connectivity index (χ0v) is 12.6. The number of aromatic nitrogens is 1. The maximum absolute atomic E-state index is 5.67. The SMILES string of the molecule is CCCNCc1cccnc1OCCOCCCOC. The highest BCUT2D eigenvalue weighted by Gasteiger charge is 2.03. The third-order valence-corrected chi connectivity index (χ3v) is 2.70. The third kappa shape index (κ3) is 7.43. The molecule has 0 atom stereocenters. The van der Waals surface area contributed by atoms with Gasteiger partial charge in [0.25, 0.3) is 0 Å². The predicted molar refractivity (Wildman–Crippen MR) is 79.0 cm³/mol. The van der Waals surface area contributed by atoms with Gasteiger partial charge in [0.2, 0.25) is 5.88 Å². The second-order valence-electron chi connectivity index (χ2n) is 4.45. The molecular weight excluding hydrogens is 256 g/mol. The summed E-state index contributed by atoms with van der Waals surface area (Å²) in [6, 6.07) is 3.96. The molecule has 0 radical (unpaired) electrons. The van der Waals surface area contributed by atoms with Gasteiger partial charge >= 0.3 is 0 Å². The van der Waals surface area contributed by atoms with Crippen molar-refractivity contribution >= 4 is 0 Å². The molecule has 0 aliphatic heterocycles. The van der Waals surface area contributed by atoms with Crippen LogP contribution in [-0.4, -0.2) is 45.1 Å². The Hall–Kier alpha value is -1.17. The van der Waals surface area contributed by atoms with Gasteiger partial charge in [-0.15, -0.1) is 0 Å². The maximum Gasteiger partial charge on any atom is 0.217 e. The van der Waals surface area contributed by atoms with Crippen LogP contribution in [0.4, 0.5) is 0 Å². The van der Waals surface area contributed by atoms with Crippen LogP contribution in [0.1, 0.15) is 25.3 Å². The van der Waals surface area contributed by atoms with Crippen LogP contribution in [0.25, 0.3) is 0 Å². The number of pyridine rings is 1. The number of rotatable bonds is 12. The summed E-state index contributed by atoms with van der Waals surface area (Å²) in [5, 5.41) is 3.35. The number of methoxy groups -OCH3 is 1. The van der Waals surface area contributed by atoms with Crippen molar-refractivity contribution in [2.24, 2.45) is 0 Å². The van der Waals surface area contributed by atoms with Crippen molar-refractivity contribution < 1.29 is 14.2 Å². The fraction of sp³-hybridized carbons (Fsp3) is 0.667. The lowest BCUT2D eigenvalue weighted by Crippen LogP contribution is -2.16. The summed E-state index contributed by atoms with van der Waals surface area (Å²) in [6.07, 6.45) is 3.77. The van der Waals surface area contributed by atoms with E-state index in [0.717, 1.165) is 38.1 Å². The summed E-state index contributed by atoms with van der Waals surface area (Å²) in [6.45, 7) is 6.45. The van der Waals surface area contributed by atoms with Crippen LogP contribution < -0.4 is 10.1 Å². The van der Waals surface area contributed by atoms with E-state index in [1.807, 2.05) is 12.1 Å². The molecule has 114 valence electrons. The Labute approximate surface area is 121 Å². The second kappa shape index (κ2) is 11.6. The highest BCUT2D eigenvalue weighted by Crippen LogP contribution is 2.13. The first-order valence-electron chi connectivity index (χ1n) is 7.22. The first-order chi connectivity index (χ1) is 9.88. The van der Waals surface area contributed by atoms with Crippen molar-refractivity contribution in [3.63, 3.8) is 0 Å². The van der Waals surface area contributed by atoms with Crippen molar-refractivity contribution in [1.82, 2.24) is 10.3 Å². The predicted octanol–water partition coefficient (Wildman–Crippen LogP) is 2.01. The molecule has 1 heterocycles. The molecule has 1 aromatic heterocycles. The van der Waals surface area contributed by atoms with Crippen LogP contribution in [0.15, 0.2) is 18.3 Å². The molecule has 0 spiro atoms. The normalized spacial score (nSPS) is 10.7. The fourth-order valence-electron chi connectivity index (χ4n) is 1.69. The van der Waals surface area contributed by atoms with Gasteiger partial charge in [-0.2, -0.15) is 0 Å². The minimum atomic E-state index is 0.519. The van der Waals surface area contributed by atoms with Crippen molar-refractivity contribution in [3.8, 4) is 5.88 Å². The lowest BCUT2D eigenvalue weighted by Gasteiger charge is -2.11. The van der Waals surface area contributed by atoms with Crippen molar-refractivity contribution in [2.45, 2.75) is 26.3 Å². The van der Waals surface area contributed by atoms with Crippen LogP contribution in [0, 0.1) is 0 Å². The smallest absolute Gasteiger partial charge is 0.217 e. The quantitative estimate of drug-likeness (QED) is 0.594. The third-order valence-electron chi connectivity index (χ3n) is 2.70. The topological polar surface area (TPSA) is 52.6 Å². The summed E-state index contributed by atoms with van der Waals surface area (Å²) in [5.41, 5.74) is 1.08. The van der Waals surface area contributed by atoms with Crippen LogP contribution >= 0.6 is 0 Å². The molecule has 0 fully saturated rings. The Morgan fingerprint density at radius 3 is 2.90 bits per heavy atom. The van der Waals surface area contributed by atoms with Gasteiger partial charge in [-0.3, -0.25) is 0 Å². The maximum atomic E-state index is 5.67. The van der Waals surface area contributed by atoms with Gasteiger partial charge in [0, 0.05) is 38.6 Å². The highest BCUT2D eigenvalue weighted by atomic mass is 16.5. The summed E-state index contributed by atoms with van der Waals surface area (Å²) >= 11 is 0. The van der Waals surface area contributed by atoms with Crippen LogP contribution in [-0.2, 0) is 16.0 Å². The molecule has 0 aliphatic rings. The summed E-state index contributed by atoms with van der Waals surface area (Å²) in [5.74, 6) is 0.691. The fourth-order valence-corrected chi connectivity index (χ4v) is 1.69. The number of nitrogens with one attached hydrogen (secondary N) is 1. The van der Waals surface area contributed by atoms with Gasteiger partial charge in [0.1, 0.15) is 6.61 Å². The average Bonchev–Trinajstić information content (AvgIpc) is 2.48. The van der Waals surface area contributed by atoms with Gasteiger partial charge in [-0.25, -0.2) is 4.98 Å². The molecule has 0 aromatic carbocycles. The lowest BCUT2D eigenvalue weighted by atomic mass is 10.2. The zero-order chi connectivity index (χ0) is 14.5. The van der Waals surface area contributed by atoms with Crippen LogP contribution in [0.2, 0.25) is 0 Å². The zero-order valence-electron chi connectivity index (χ0n) is 12.6. The van der Waals surface area contributed by atoms with E-state index < -0.39 is 0 Å². The van der Waals surface area contributed by atoms with Crippen molar-refractivity contribution in [3.05, 3.63) is 23.9 Å². The second-order valence-corrected chi connectivity index (χ2v) is 4.45. The van der Waals surface area contributed by atoms with Crippen molar-refractivity contribution in [1.29, 1.82) is 0 Å². The summed E-state index contributed by atoms with van der Waals surface area (Å²) < 4.78 is 16.1. The number of nitrogens with zero attached hydrogens (tertiary/aromatic N) is 1. The molecule has 0 saturated heterocycles. The largest absolute Gasteiger partial charge is 0.475 e. The Morgan fingerprint density at radius 2 is 2.10 bits per heavy atom. The van der Waals surface area contributed by atoms with E-state index >= 15 is 0 Å². The first-order valence-corrected chi connectivity index (χ1v) is 7.22. The molecular formula is C15H26N2O3. The molecule has 0 amide bonds. The molecule has 0 bridgehead atoms. The molecule has 1 aromatic rings.